The SMILES string of the molecule is O=C(C1=C(O)C(=O)N(c2nnc(SCc3cccc4ccccc34)s2)C1c1cccc(O)c1)c1cc2ccccc2o1. The van der Waals surface area contributed by atoms with Crippen LogP contribution >= 0.6 is 23.1 Å². The first-order valence-corrected chi connectivity index (χ1v) is 14.8. The lowest BCUT2D eigenvalue weighted by atomic mass is 9.95. The number of thioether (sulfide) groups is 1. The summed E-state index contributed by atoms with van der Waals surface area (Å²) in [5, 5.41) is 33.1. The summed E-state index contributed by atoms with van der Waals surface area (Å²) in [5.41, 5.74) is 1.91. The van der Waals surface area contributed by atoms with E-state index in [1.807, 2.05) is 24.3 Å². The second-order valence-corrected chi connectivity index (χ2v) is 11.9. The second kappa shape index (κ2) is 10.5. The molecule has 2 aromatic heterocycles. The number of aromatic hydroxyl groups is 1. The zero-order valence-electron chi connectivity index (χ0n) is 21.8. The van der Waals surface area contributed by atoms with Gasteiger partial charge in [-0.05, 0) is 46.2 Å². The average Bonchev–Trinajstić information content (AvgIpc) is 3.72. The number of hydrogen-bond acceptors (Lipinski definition) is 9. The van der Waals surface area contributed by atoms with E-state index in [-0.39, 0.29) is 22.2 Å². The number of nitrogens with zero attached hydrogens (tertiary/aromatic N) is 3. The average molecular weight is 592 g/mol. The van der Waals surface area contributed by atoms with Gasteiger partial charge in [0.1, 0.15) is 11.3 Å². The minimum absolute atomic E-state index is 0.0128. The van der Waals surface area contributed by atoms with Crippen LogP contribution in [0.5, 0.6) is 5.75 Å². The van der Waals surface area contributed by atoms with Crippen LogP contribution in [0.3, 0.4) is 0 Å². The number of benzene rings is 4. The van der Waals surface area contributed by atoms with E-state index in [9.17, 15) is 19.8 Å². The van der Waals surface area contributed by atoms with Crippen LogP contribution in [-0.4, -0.2) is 32.1 Å². The van der Waals surface area contributed by atoms with Gasteiger partial charge in [-0.25, -0.2) is 0 Å². The number of Topliss-reactive ketones (excluding diaryl/α,β-unsaturated/α-hetero) is 1. The highest BCUT2D eigenvalue weighted by Crippen LogP contribution is 2.45. The van der Waals surface area contributed by atoms with Crippen molar-refractivity contribution in [3.8, 4) is 5.75 Å². The summed E-state index contributed by atoms with van der Waals surface area (Å²) >= 11 is 2.67. The van der Waals surface area contributed by atoms with Gasteiger partial charge in [0.25, 0.3) is 5.91 Å². The van der Waals surface area contributed by atoms with Gasteiger partial charge in [0.05, 0.1) is 11.6 Å². The minimum Gasteiger partial charge on any atom is -0.508 e. The van der Waals surface area contributed by atoms with Crippen molar-refractivity contribution in [3.63, 3.8) is 0 Å². The highest BCUT2D eigenvalue weighted by atomic mass is 32.2. The summed E-state index contributed by atoms with van der Waals surface area (Å²) in [6.45, 7) is 0. The number of furan rings is 1. The highest BCUT2D eigenvalue weighted by molar-refractivity contribution is 8.00. The summed E-state index contributed by atoms with van der Waals surface area (Å²) in [5.74, 6) is -1.55. The van der Waals surface area contributed by atoms with E-state index in [0.29, 0.717) is 26.6 Å². The molecule has 3 heterocycles. The quantitative estimate of drug-likeness (QED) is 0.114. The summed E-state index contributed by atoms with van der Waals surface area (Å²) in [7, 11) is 0. The number of carbonyl (C=O) groups excluding carboxylic acids is 2. The number of carbonyl (C=O) groups is 2. The number of para-hydroxylation sites is 1. The van der Waals surface area contributed by atoms with Crippen molar-refractivity contribution in [1.82, 2.24) is 10.2 Å². The Morgan fingerprint density at radius 2 is 1.67 bits per heavy atom. The van der Waals surface area contributed by atoms with Crippen LogP contribution < -0.4 is 4.90 Å². The van der Waals surface area contributed by atoms with Gasteiger partial charge in [0.2, 0.25) is 10.9 Å². The van der Waals surface area contributed by atoms with Gasteiger partial charge in [0.15, 0.2) is 15.9 Å². The number of phenols is 1. The molecule has 2 N–H and O–H groups in total. The molecule has 1 aliphatic heterocycles. The lowest BCUT2D eigenvalue weighted by Gasteiger charge is -2.23. The van der Waals surface area contributed by atoms with Crippen molar-refractivity contribution in [3.05, 3.63) is 125 Å². The highest BCUT2D eigenvalue weighted by Gasteiger charge is 2.47. The summed E-state index contributed by atoms with van der Waals surface area (Å²) in [4.78, 5) is 28.6. The lowest BCUT2D eigenvalue weighted by Crippen LogP contribution is -2.31. The molecule has 1 atom stereocenters. The second-order valence-electron chi connectivity index (χ2n) is 9.69. The maximum Gasteiger partial charge on any atom is 0.296 e. The number of aliphatic hydroxyl groups is 1. The van der Waals surface area contributed by atoms with E-state index in [2.05, 4.69) is 34.5 Å². The molecular weight excluding hydrogens is 571 g/mol. The van der Waals surface area contributed by atoms with E-state index < -0.39 is 23.5 Å². The Kier molecular flexibility index (Phi) is 6.49. The Labute approximate surface area is 247 Å². The monoisotopic (exact) mass is 591 g/mol. The van der Waals surface area contributed by atoms with Crippen molar-refractivity contribution in [2.45, 2.75) is 16.1 Å². The third-order valence-electron chi connectivity index (χ3n) is 7.12. The molecule has 1 aliphatic rings. The van der Waals surface area contributed by atoms with Crippen LogP contribution in [0.1, 0.15) is 27.7 Å². The van der Waals surface area contributed by atoms with Gasteiger partial charge in [-0.2, -0.15) is 0 Å². The first-order valence-electron chi connectivity index (χ1n) is 13.0. The zero-order valence-corrected chi connectivity index (χ0v) is 23.4. The van der Waals surface area contributed by atoms with E-state index in [0.717, 1.165) is 16.3 Å². The number of anilines is 1. The fraction of sp³-hybridized carbons (Fsp3) is 0.0625. The Balaban J connectivity index is 1.23. The predicted octanol–water partition coefficient (Wildman–Crippen LogP) is 7.22. The smallest absolute Gasteiger partial charge is 0.296 e. The molecule has 0 spiro atoms. The number of aromatic nitrogens is 2. The number of amides is 1. The Bertz CT molecular complexity index is 2010. The Hall–Kier alpha value is -4.93. The number of fused-ring (bicyclic) bond motifs is 2. The van der Waals surface area contributed by atoms with Crippen LogP contribution in [0, 0.1) is 0 Å². The fourth-order valence-corrected chi connectivity index (χ4v) is 7.06. The van der Waals surface area contributed by atoms with E-state index in [1.54, 1.807) is 36.4 Å². The summed E-state index contributed by atoms with van der Waals surface area (Å²) < 4.78 is 6.40. The van der Waals surface area contributed by atoms with Gasteiger partial charge >= 0.3 is 0 Å². The van der Waals surface area contributed by atoms with E-state index >= 15 is 0 Å². The number of hydrogen-bond donors (Lipinski definition) is 2. The molecule has 0 saturated carbocycles. The maximum absolute atomic E-state index is 13.8. The molecule has 0 fully saturated rings. The Morgan fingerprint density at radius 3 is 2.50 bits per heavy atom. The summed E-state index contributed by atoms with van der Waals surface area (Å²) in [6, 6.07) is 28.2. The molecule has 4 aromatic carbocycles. The van der Waals surface area contributed by atoms with Crippen LogP contribution in [0.4, 0.5) is 5.13 Å². The topological polar surface area (TPSA) is 117 Å². The maximum atomic E-state index is 13.8. The molecule has 6 aromatic rings. The van der Waals surface area contributed by atoms with Gasteiger partial charge in [-0.15, -0.1) is 10.2 Å². The molecule has 7 rings (SSSR count). The predicted molar refractivity (Wildman–Crippen MR) is 162 cm³/mol. The number of ketones is 1. The number of aliphatic hydroxyl groups excluding tert-OH is 1. The zero-order chi connectivity index (χ0) is 28.8. The molecule has 0 aliphatic carbocycles. The van der Waals surface area contributed by atoms with Crippen molar-refractivity contribution in [1.29, 1.82) is 0 Å². The largest absolute Gasteiger partial charge is 0.508 e. The van der Waals surface area contributed by atoms with Crippen molar-refractivity contribution >= 4 is 61.7 Å². The molecular formula is C32H21N3O5S2. The molecule has 0 saturated heterocycles. The molecule has 0 bridgehead atoms. The van der Waals surface area contributed by atoms with E-state index in [1.165, 1.54) is 40.1 Å². The first-order chi connectivity index (χ1) is 20.5. The number of phenolic OH excluding ortho intramolecular Hbond substituents is 1. The van der Waals surface area contributed by atoms with Crippen LogP contribution in [0.15, 0.2) is 117 Å². The molecule has 0 radical (unpaired) electrons. The van der Waals surface area contributed by atoms with Crippen LogP contribution in [-0.2, 0) is 10.5 Å². The third-order valence-corrected chi connectivity index (χ3v) is 9.23. The van der Waals surface area contributed by atoms with Crippen LogP contribution in [0.25, 0.3) is 21.7 Å². The standard InChI is InChI=1S/C32H21N3O5S2/c36-22-12-6-10-20(15-22)27-26(28(37)25-16-19-8-2-4-14-24(19)40-25)29(38)30(39)35(27)31-33-34-32(42-31)41-17-21-11-5-9-18-7-1-3-13-23(18)21/h1-16,27,36,38H,17H2. The van der Waals surface area contributed by atoms with Gasteiger partial charge < -0.3 is 14.6 Å². The fourth-order valence-electron chi connectivity index (χ4n) is 5.19. The van der Waals surface area contributed by atoms with Gasteiger partial charge in [-0.1, -0.05) is 95.9 Å². The Morgan fingerprint density at radius 1 is 0.905 bits per heavy atom. The first kappa shape index (κ1) is 26.0. The minimum atomic E-state index is -1.06. The number of rotatable bonds is 7. The van der Waals surface area contributed by atoms with Crippen molar-refractivity contribution in [2.24, 2.45) is 0 Å². The molecule has 1 unspecified atom stereocenters. The molecule has 8 nitrogen and oxygen atoms in total. The van der Waals surface area contributed by atoms with Crippen LogP contribution in [0.2, 0.25) is 0 Å². The van der Waals surface area contributed by atoms with Gasteiger partial charge in [-0.3, -0.25) is 14.5 Å². The summed E-state index contributed by atoms with van der Waals surface area (Å²) in [6.07, 6.45) is 0. The normalized spacial score (nSPS) is 15.3. The molecule has 1 amide bonds. The van der Waals surface area contributed by atoms with Crippen molar-refractivity contribution in [2.75, 3.05) is 4.90 Å². The van der Waals surface area contributed by atoms with E-state index in [4.69, 9.17) is 4.42 Å². The molecule has 206 valence electrons. The lowest BCUT2D eigenvalue weighted by molar-refractivity contribution is -0.117. The molecule has 10 heteroatoms. The van der Waals surface area contributed by atoms with Crippen molar-refractivity contribution < 1.29 is 24.2 Å². The molecule has 42 heavy (non-hydrogen) atoms. The third kappa shape index (κ3) is 4.50. The van der Waals surface area contributed by atoms with Gasteiger partial charge in [0, 0.05) is 11.1 Å².